The van der Waals surface area contributed by atoms with E-state index in [1.807, 2.05) is 24.3 Å². The van der Waals surface area contributed by atoms with Gasteiger partial charge in [0.2, 0.25) is 0 Å². The molecule has 2 heterocycles. The Morgan fingerprint density at radius 1 is 1.07 bits per heavy atom. The van der Waals surface area contributed by atoms with Crippen molar-refractivity contribution < 1.29 is 4.74 Å². The SMILES string of the molecule is C1CCOCC1.c1ccc2[nH]cnc2c1. The average molecular weight is 204 g/mol. The lowest BCUT2D eigenvalue weighted by Crippen LogP contribution is -2.03. The number of aromatic amines is 1. The Balaban J connectivity index is 0.000000124. The summed E-state index contributed by atoms with van der Waals surface area (Å²) in [5.74, 6) is 0. The molecule has 3 heteroatoms. The molecule has 80 valence electrons. The second-order valence-corrected chi connectivity index (χ2v) is 3.59. The number of H-pyrrole nitrogens is 1. The van der Waals surface area contributed by atoms with Crippen molar-refractivity contribution >= 4 is 11.0 Å². The van der Waals surface area contributed by atoms with Crippen molar-refractivity contribution in [2.24, 2.45) is 0 Å². The Hall–Kier alpha value is -1.35. The Bertz CT molecular complexity index is 351. The number of benzene rings is 1. The topological polar surface area (TPSA) is 37.9 Å². The van der Waals surface area contributed by atoms with E-state index in [1.54, 1.807) is 6.33 Å². The summed E-state index contributed by atoms with van der Waals surface area (Å²) in [6.45, 7) is 2.00. The van der Waals surface area contributed by atoms with E-state index in [-0.39, 0.29) is 0 Å². The molecular formula is C12H16N2O. The highest BCUT2D eigenvalue weighted by atomic mass is 16.5. The molecule has 15 heavy (non-hydrogen) atoms. The van der Waals surface area contributed by atoms with Crippen molar-refractivity contribution in [3.8, 4) is 0 Å². The highest BCUT2D eigenvalue weighted by molar-refractivity contribution is 5.73. The number of nitrogens with one attached hydrogen (secondary N) is 1. The average Bonchev–Trinajstić information content (AvgIpc) is 2.80. The van der Waals surface area contributed by atoms with E-state index in [9.17, 15) is 0 Å². The summed E-state index contributed by atoms with van der Waals surface area (Å²) in [5.41, 5.74) is 2.12. The summed E-state index contributed by atoms with van der Waals surface area (Å²) >= 11 is 0. The summed E-state index contributed by atoms with van der Waals surface area (Å²) in [6.07, 6.45) is 5.63. The van der Waals surface area contributed by atoms with Crippen LogP contribution in [0.5, 0.6) is 0 Å². The van der Waals surface area contributed by atoms with Crippen LogP contribution in [0.3, 0.4) is 0 Å². The maximum absolute atomic E-state index is 5.07. The second kappa shape index (κ2) is 5.51. The van der Waals surface area contributed by atoms with Crippen molar-refractivity contribution in [1.29, 1.82) is 0 Å². The second-order valence-electron chi connectivity index (χ2n) is 3.59. The molecule has 0 amide bonds. The highest BCUT2D eigenvalue weighted by Gasteiger charge is 1.95. The molecule has 1 saturated heterocycles. The van der Waals surface area contributed by atoms with Crippen LogP contribution in [0.2, 0.25) is 0 Å². The first-order valence-corrected chi connectivity index (χ1v) is 5.43. The van der Waals surface area contributed by atoms with E-state index >= 15 is 0 Å². The predicted molar refractivity (Wildman–Crippen MR) is 60.8 cm³/mol. The van der Waals surface area contributed by atoms with Gasteiger partial charge in [0.15, 0.2) is 0 Å². The highest BCUT2D eigenvalue weighted by Crippen LogP contribution is 2.05. The third-order valence-electron chi connectivity index (χ3n) is 2.41. The van der Waals surface area contributed by atoms with E-state index < -0.39 is 0 Å². The Morgan fingerprint density at radius 2 is 1.87 bits per heavy atom. The molecule has 3 rings (SSSR count). The van der Waals surface area contributed by atoms with E-state index in [0.29, 0.717) is 0 Å². The van der Waals surface area contributed by atoms with Crippen LogP contribution in [0.15, 0.2) is 30.6 Å². The third-order valence-corrected chi connectivity index (χ3v) is 2.41. The lowest BCUT2D eigenvalue weighted by Gasteiger charge is -2.08. The zero-order chi connectivity index (χ0) is 10.3. The van der Waals surface area contributed by atoms with Gasteiger partial charge in [0.1, 0.15) is 0 Å². The maximum Gasteiger partial charge on any atom is 0.0931 e. The quantitative estimate of drug-likeness (QED) is 0.716. The van der Waals surface area contributed by atoms with Crippen LogP contribution in [-0.2, 0) is 4.74 Å². The summed E-state index contributed by atoms with van der Waals surface area (Å²) in [6, 6.07) is 7.94. The Labute approximate surface area is 89.5 Å². The van der Waals surface area contributed by atoms with E-state index in [2.05, 4.69) is 9.97 Å². The van der Waals surface area contributed by atoms with Crippen molar-refractivity contribution in [3.05, 3.63) is 30.6 Å². The Kier molecular flexibility index (Phi) is 3.74. The van der Waals surface area contributed by atoms with Gasteiger partial charge < -0.3 is 9.72 Å². The van der Waals surface area contributed by atoms with Gasteiger partial charge in [-0.3, -0.25) is 0 Å². The molecule has 0 bridgehead atoms. The first kappa shape index (κ1) is 10.2. The van der Waals surface area contributed by atoms with Crippen molar-refractivity contribution in [1.82, 2.24) is 9.97 Å². The van der Waals surface area contributed by atoms with Crippen LogP contribution in [0, 0.1) is 0 Å². The maximum atomic E-state index is 5.07. The molecule has 1 fully saturated rings. The number of fused-ring (bicyclic) bond motifs is 1. The lowest BCUT2D eigenvalue weighted by atomic mass is 10.2. The fourth-order valence-corrected chi connectivity index (χ4v) is 1.57. The van der Waals surface area contributed by atoms with Gasteiger partial charge in [-0.1, -0.05) is 12.1 Å². The van der Waals surface area contributed by atoms with Crippen LogP contribution in [0.25, 0.3) is 11.0 Å². The first-order valence-electron chi connectivity index (χ1n) is 5.43. The smallest absolute Gasteiger partial charge is 0.0931 e. The minimum absolute atomic E-state index is 1.00. The first-order chi connectivity index (χ1) is 7.47. The number of hydrogen-bond acceptors (Lipinski definition) is 2. The standard InChI is InChI=1S/C7H6N2.C5H10O/c1-2-4-7-6(3-1)8-5-9-7;1-2-4-6-5-3-1/h1-5H,(H,8,9);1-5H2. The predicted octanol–water partition coefficient (Wildman–Crippen LogP) is 2.75. The van der Waals surface area contributed by atoms with E-state index in [1.165, 1.54) is 19.3 Å². The summed E-state index contributed by atoms with van der Waals surface area (Å²) < 4.78 is 5.07. The van der Waals surface area contributed by atoms with Gasteiger partial charge in [-0.2, -0.15) is 0 Å². The fourth-order valence-electron chi connectivity index (χ4n) is 1.57. The molecule has 1 aliphatic rings. The van der Waals surface area contributed by atoms with Gasteiger partial charge in [-0.15, -0.1) is 0 Å². The van der Waals surface area contributed by atoms with Gasteiger partial charge in [-0.25, -0.2) is 4.98 Å². The molecule has 0 radical (unpaired) electrons. The molecule has 0 spiro atoms. The summed E-state index contributed by atoms with van der Waals surface area (Å²) in [7, 11) is 0. The molecular weight excluding hydrogens is 188 g/mol. The van der Waals surface area contributed by atoms with Gasteiger partial charge >= 0.3 is 0 Å². The minimum Gasteiger partial charge on any atom is -0.381 e. The zero-order valence-corrected chi connectivity index (χ0v) is 8.78. The Morgan fingerprint density at radius 3 is 2.47 bits per heavy atom. The molecule has 3 nitrogen and oxygen atoms in total. The molecule has 1 aromatic heterocycles. The number of nitrogens with zero attached hydrogens (tertiary/aromatic N) is 1. The number of hydrogen-bond donors (Lipinski definition) is 1. The molecule has 1 aliphatic heterocycles. The minimum atomic E-state index is 1.00. The normalized spacial score (nSPS) is 15.7. The zero-order valence-electron chi connectivity index (χ0n) is 8.78. The van der Waals surface area contributed by atoms with Crippen molar-refractivity contribution in [2.45, 2.75) is 19.3 Å². The molecule has 0 saturated carbocycles. The largest absolute Gasteiger partial charge is 0.381 e. The number of para-hydroxylation sites is 2. The number of ether oxygens (including phenoxy) is 1. The van der Waals surface area contributed by atoms with Crippen molar-refractivity contribution in [2.75, 3.05) is 13.2 Å². The van der Waals surface area contributed by atoms with Gasteiger partial charge in [0.05, 0.1) is 17.4 Å². The molecule has 2 aromatic rings. The summed E-state index contributed by atoms with van der Waals surface area (Å²) in [5, 5.41) is 0. The van der Waals surface area contributed by atoms with Crippen LogP contribution < -0.4 is 0 Å². The fraction of sp³-hybridized carbons (Fsp3) is 0.417. The number of rotatable bonds is 0. The molecule has 0 unspecified atom stereocenters. The van der Waals surface area contributed by atoms with Gasteiger partial charge in [-0.05, 0) is 31.4 Å². The lowest BCUT2D eigenvalue weighted by molar-refractivity contribution is 0.0968. The van der Waals surface area contributed by atoms with E-state index in [4.69, 9.17) is 4.74 Å². The van der Waals surface area contributed by atoms with Crippen LogP contribution in [-0.4, -0.2) is 23.2 Å². The number of aromatic nitrogens is 2. The summed E-state index contributed by atoms with van der Waals surface area (Å²) in [4.78, 5) is 7.07. The molecule has 0 aliphatic carbocycles. The molecule has 1 N–H and O–H groups in total. The molecule has 1 aromatic carbocycles. The van der Waals surface area contributed by atoms with Gasteiger partial charge in [0.25, 0.3) is 0 Å². The van der Waals surface area contributed by atoms with Gasteiger partial charge in [0, 0.05) is 13.2 Å². The molecule has 0 atom stereocenters. The monoisotopic (exact) mass is 204 g/mol. The van der Waals surface area contributed by atoms with Crippen LogP contribution >= 0.6 is 0 Å². The van der Waals surface area contributed by atoms with Crippen LogP contribution in [0.4, 0.5) is 0 Å². The van der Waals surface area contributed by atoms with Crippen molar-refractivity contribution in [3.63, 3.8) is 0 Å². The van der Waals surface area contributed by atoms with Crippen LogP contribution in [0.1, 0.15) is 19.3 Å². The van der Waals surface area contributed by atoms with E-state index in [0.717, 1.165) is 24.2 Å². The third kappa shape index (κ3) is 3.06. The number of imidazole rings is 1.